The number of aliphatic hydroxyl groups is 1. The van der Waals surface area contributed by atoms with E-state index in [1.54, 1.807) is 13.0 Å². The SMILES string of the molecule is CC[C@@H](O)CC1(S(=O)(=O)Nc2c(OC)cc(F)c(F)c2Cc2ccc(I)cc2F)CC1.S. The second-order valence-corrected chi connectivity index (χ2v) is 11.0. The third kappa shape index (κ3) is 5.48. The van der Waals surface area contributed by atoms with E-state index in [0.29, 0.717) is 22.8 Å². The Morgan fingerprint density at radius 2 is 1.88 bits per heavy atom. The number of sulfonamides is 1. The van der Waals surface area contributed by atoms with Crippen molar-refractivity contribution in [1.82, 2.24) is 0 Å². The average Bonchev–Trinajstić information content (AvgIpc) is 3.50. The number of hydrogen-bond donors (Lipinski definition) is 2. The summed E-state index contributed by atoms with van der Waals surface area (Å²) in [6, 6.07) is 5.05. The van der Waals surface area contributed by atoms with E-state index in [9.17, 15) is 26.7 Å². The first-order valence-electron chi connectivity index (χ1n) is 9.72. The van der Waals surface area contributed by atoms with Crippen molar-refractivity contribution in [2.24, 2.45) is 0 Å². The van der Waals surface area contributed by atoms with Gasteiger partial charge in [0.1, 0.15) is 11.6 Å². The van der Waals surface area contributed by atoms with Crippen molar-refractivity contribution in [3.05, 3.63) is 56.4 Å². The fraction of sp³-hybridized carbons (Fsp3) is 0.429. The summed E-state index contributed by atoms with van der Waals surface area (Å²) < 4.78 is 76.6. The van der Waals surface area contributed by atoms with Gasteiger partial charge >= 0.3 is 0 Å². The van der Waals surface area contributed by atoms with Gasteiger partial charge in [-0.1, -0.05) is 13.0 Å². The van der Waals surface area contributed by atoms with Crippen molar-refractivity contribution in [3.63, 3.8) is 0 Å². The van der Waals surface area contributed by atoms with Crippen LogP contribution in [0.2, 0.25) is 0 Å². The van der Waals surface area contributed by atoms with E-state index < -0.39 is 38.3 Å². The van der Waals surface area contributed by atoms with Crippen LogP contribution in [0.15, 0.2) is 24.3 Å². The summed E-state index contributed by atoms with van der Waals surface area (Å²) in [5, 5.41) is 9.98. The lowest BCUT2D eigenvalue weighted by atomic mass is 10.0. The van der Waals surface area contributed by atoms with Gasteiger partial charge in [0.25, 0.3) is 0 Å². The highest BCUT2D eigenvalue weighted by atomic mass is 127. The van der Waals surface area contributed by atoms with E-state index in [-0.39, 0.29) is 48.9 Å². The van der Waals surface area contributed by atoms with E-state index in [4.69, 9.17) is 4.74 Å². The fourth-order valence-electron chi connectivity index (χ4n) is 3.49. The number of nitrogens with one attached hydrogen (secondary N) is 1. The topological polar surface area (TPSA) is 75.6 Å². The van der Waals surface area contributed by atoms with Crippen LogP contribution in [0.1, 0.15) is 43.7 Å². The van der Waals surface area contributed by atoms with Crippen LogP contribution in [0.5, 0.6) is 5.75 Å². The van der Waals surface area contributed by atoms with Gasteiger partial charge in [0.05, 0.1) is 23.6 Å². The molecule has 2 N–H and O–H groups in total. The minimum Gasteiger partial charge on any atom is -0.494 e. The van der Waals surface area contributed by atoms with Crippen LogP contribution < -0.4 is 9.46 Å². The van der Waals surface area contributed by atoms with Gasteiger partial charge in [-0.3, -0.25) is 4.72 Å². The van der Waals surface area contributed by atoms with Crippen molar-refractivity contribution < 1.29 is 31.4 Å². The highest BCUT2D eigenvalue weighted by Crippen LogP contribution is 2.49. The maximum Gasteiger partial charge on any atom is 0.238 e. The smallest absolute Gasteiger partial charge is 0.238 e. The molecule has 0 amide bonds. The fourth-order valence-corrected chi connectivity index (χ4v) is 5.70. The van der Waals surface area contributed by atoms with E-state index >= 15 is 0 Å². The molecule has 1 aliphatic rings. The average molecular weight is 603 g/mol. The molecule has 5 nitrogen and oxygen atoms in total. The van der Waals surface area contributed by atoms with Crippen molar-refractivity contribution in [3.8, 4) is 5.75 Å². The van der Waals surface area contributed by atoms with Crippen molar-refractivity contribution in [2.75, 3.05) is 11.8 Å². The predicted molar refractivity (Wildman–Crippen MR) is 131 cm³/mol. The first kappa shape index (κ1) is 27.1. The first-order chi connectivity index (χ1) is 14.5. The summed E-state index contributed by atoms with van der Waals surface area (Å²) in [7, 11) is -2.87. The Balaban J connectivity index is 0.00000363. The predicted octanol–water partition coefficient (Wildman–Crippen LogP) is 4.86. The molecule has 0 heterocycles. The Kier molecular flexibility index (Phi) is 8.79. The summed E-state index contributed by atoms with van der Waals surface area (Å²) in [6.07, 6.45) is -0.0784. The number of ether oxygens (including phenoxy) is 1. The lowest BCUT2D eigenvalue weighted by molar-refractivity contribution is 0.156. The van der Waals surface area contributed by atoms with Crippen LogP contribution in [0.4, 0.5) is 18.9 Å². The Bertz CT molecular complexity index is 1090. The maximum atomic E-state index is 14.8. The lowest BCUT2D eigenvalue weighted by Gasteiger charge is -2.23. The standard InChI is InChI=1S/C21H23F3INO4S.H2S/c1-3-14(27)11-21(6-7-21)31(28,29)26-20-15(19(24)17(23)10-18(20)30-2)8-12-4-5-13(25)9-16(12)22;/h4-5,9-10,14,26-27H,3,6-8,11H2,1-2H3;1H2/t14-;/m1./s1. The molecule has 11 heteroatoms. The van der Waals surface area contributed by atoms with Gasteiger partial charge in [-0.05, 0) is 66.0 Å². The molecule has 0 unspecified atom stereocenters. The first-order valence-corrected chi connectivity index (χ1v) is 12.3. The molecule has 1 aliphatic carbocycles. The molecule has 2 aromatic rings. The molecule has 0 aliphatic heterocycles. The molecule has 3 rings (SSSR count). The monoisotopic (exact) mass is 603 g/mol. The Labute approximate surface area is 206 Å². The van der Waals surface area contributed by atoms with Gasteiger partial charge < -0.3 is 9.84 Å². The van der Waals surface area contributed by atoms with Crippen molar-refractivity contribution in [2.45, 2.75) is 49.9 Å². The molecular weight excluding hydrogens is 578 g/mol. The maximum absolute atomic E-state index is 14.8. The Hall–Kier alpha value is -1.18. The molecule has 0 spiro atoms. The second-order valence-electron chi connectivity index (χ2n) is 7.70. The molecule has 0 bridgehead atoms. The van der Waals surface area contributed by atoms with Gasteiger partial charge in [-0.15, -0.1) is 0 Å². The van der Waals surface area contributed by atoms with Gasteiger partial charge in [-0.2, -0.15) is 13.5 Å². The third-order valence-electron chi connectivity index (χ3n) is 5.58. The molecule has 0 saturated heterocycles. The van der Waals surface area contributed by atoms with Crippen LogP contribution in [0.3, 0.4) is 0 Å². The molecule has 1 atom stereocenters. The van der Waals surface area contributed by atoms with Gasteiger partial charge in [-0.25, -0.2) is 21.6 Å². The minimum absolute atomic E-state index is 0. The molecule has 0 radical (unpaired) electrons. The zero-order valence-corrected chi connectivity index (χ0v) is 21.5. The van der Waals surface area contributed by atoms with E-state index in [1.807, 2.05) is 22.6 Å². The van der Waals surface area contributed by atoms with Crippen LogP contribution >= 0.6 is 36.1 Å². The van der Waals surface area contributed by atoms with Crippen LogP contribution in [-0.4, -0.2) is 31.5 Å². The third-order valence-corrected chi connectivity index (χ3v) is 8.43. The zero-order valence-electron chi connectivity index (χ0n) is 17.5. The Morgan fingerprint density at radius 3 is 2.41 bits per heavy atom. The second kappa shape index (κ2) is 10.4. The molecule has 2 aromatic carbocycles. The number of methoxy groups -OCH3 is 1. The van der Waals surface area contributed by atoms with E-state index in [2.05, 4.69) is 4.72 Å². The number of aliphatic hydroxyl groups excluding tert-OH is 1. The lowest BCUT2D eigenvalue weighted by Crippen LogP contribution is -2.33. The largest absolute Gasteiger partial charge is 0.494 e. The molecule has 1 fully saturated rings. The molecule has 1 saturated carbocycles. The van der Waals surface area contributed by atoms with Gasteiger partial charge in [0, 0.05) is 21.6 Å². The van der Waals surface area contributed by atoms with Crippen molar-refractivity contribution >= 4 is 51.8 Å². The minimum atomic E-state index is -4.07. The number of halogens is 4. The van der Waals surface area contributed by atoms with Gasteiger partial charge in [0.15, 0.2) is 11.6 Å². The van der Waals surface area contributed by atoms with Gasteiger partial charge in [0.2, 0.25) is 10.0 Å². The summed E-state index contributed by atoms with van der Waals surface area (Å²) in [5.74, 6) is -3.35. The Morgan fingerprint density at radius 1 is 1.22 bits per heavy atom. The number of rotatable bonds is 9. The van der Waals surface area contributed by atoms with Crippen LogP contribution in [0, 0.1) is 21.0 Å². The number of hydrogen-bond acceptors (Lipinski definition) is 4. The highest BCUT2D eigenvalue weighted by Gasteiger charge is 2.55. The number of benzene rings is 2. The van der Waals surface area contributed by atoms with E-state index in [1.165, 1.54) is 19.2 Å². The quantitative estimate of drug-likeness (QED) is 0.402. The molecule has 0 aromatic heterocycles. The highest BCUT2D eigenvalue weighted by molar-refractivity contribution is 14.1. The van der Waals surface area contributed by atoms with Crippen LogP contribution in [0.25, 0.3) is 0 Å². The van der Waals surface area contributed by atoms with Crippen molar-refractivity contribution in [1.29, 1.82) is 0 Å². The summed E-state index contributed by atoms with van der Waals surface area (Å²) in [4.78, 5) is 0. The number of anilines is 1. The molecule has 32 heavy (non-hydrogen) atoms. The zero-order chi connectivity index (χ0) is 23.0. The summed E-state index contributed by atoms with van der Waals surface area (Å²) in [5.41, 5.74) is -0.543. The molecular formula is C21H25F3INO4S2. The van der Waals surface area contributed by atoms with Crippen LogP contribution in [-0.2, 0) is 16.4 Å². The van der Waals surface area contributed by atoms with E-state index in [0.717, 1.165) is 6.07 Å². The molecule has 178 valence electrons. The normalized spacial score (nSPS) is 15.6. The summed E-state index contributed by atoms with van der Waals surface area (Å²) in [6.45, 7) is 1.74. The summed E-state index contributed by atoms with van der Waals surface area (Å²) >= 11 is 1.92.